The molecule has 0 atom stereocenters. The van der Waals surface area contributed by atoms with Gasteiger partial charge >= 0.3 is 5.97 Å². The predicted molar refractivity (Wildman–Crippen MR) is 127 cm³/mol. The van der Waals surface area contributed by atoms with E-state index in [-0.39, 0.29) is 11.9 Å². The highest BCUT2D eigenvalue weighted by atomic mass is 32.1. The molecular weight excluding hydrogens is 422 g/mol. The molecule has 4 rings (SSSR count). The number of thiophene rings is 1. The molecule has 7 heteroatoms. The van der Waals surface area contributed by atoms with Crippen LogP contribution in [-0.2, 0) is 9.53 Å². The van der Waals surface area contributed by atoms with Crippen molar-refractivity contribution in [2.24, 2.45) is 0 Å². The van der Waals surface area contributed by atoms with Gasteiger partial charge in [-0.2, -0.15) is 0 Å². The van der Waals surface area contributed by atoms with Gasteiger partial charge in [-0.3, -0.25) is 14.6 Å². The topological polar surface area (TPSA) is 61.9 Å². The van der Waals surface area contributed by atoms with Gasteiger partial charge in [0, 0.05) is 26.2 Å². The number of carbonyl (C=O) groups is 2. The first-order chi connectivity index (χ1) is 15.7. The molecule has 2 aromatic carbocycles. The molecule has 32 heavy (non-hydrogen) atoms. The summed E-state index contributed by atoms with van der Waals surface area (Å²) >= 11 is 1.26. The first kappa shape index (κ1) is 22.2. The van der Waals surface area contributed by atoms with Crippen LogP contribution in [0.25, 0.3) is 0 Å². The molecule has 0 unspecified atom stereocenters. The fourth-order valence-corrected chi connectivity index (χ4v) is 4.88. The van der Waals surface area contributed by atoms with Crippen molar-refractivity contribution < 1.29 is 14.3 Å². The summed E-state index contributed by atoms with van der Waals surface area (Å²) in [5.41, 5.74) is 3.06. The highest BCUT2D eigenvalue weighted by Crippen LogP contribution is 2.29. The molecule has 0 bridgehead atoms. The third-order valence-electron chi connectivity index (χ3n) is 5.68. The monoisotopic (exact) mass is 449 g/mol. The number of anilines is 1. The van der Waals surface area contributed by atoms with E-state index in [2.05, 4.69) is 63.6 Å². The molecule has 1 aliphatic rings. The average Bonchev–Trinajstić information content (AvgIpc) is 3.29. The van der Waals surface area contributed by atoms with Gasteiger partial charge in [-0.25, -0.2) is 4.79 Å². The predicted octanol–water partition coefficient (Wildman–Crippen LogP) is 3.88. The molecule has 3 aromatic rings. The first-order valence-electron chi connectivity index (χ1n) is 10.7. The van der Waals surface area contributed by atoms with Crippen LogP contribution in [-0.4, -0.2) is 61.5 Å². The number of nitrogens with one attached hydrogen (secondary N) is 1. The molecule has 1 aliphatic heterocycles. The molecule has 0 saturated carbocycles. The van der Waals surface area contributed by atoms with Gasteiger partial charge in [0.15, 0.2) is 0 Å². The molecule has 1 amide bonds. The van der Waals surface area contributed by atoms with E-state index in [1.165, 1.54) is 29.6 Å². The minimum atomic E-state index is -0.434. The van der Waals surface area contributed by atoms with Crippen molar-refractivity contribution in [1.29, 1.82) is 0 Å². The van der Waals surface area contributed by atoms with Gasteiger partial charge in [-0.15, -0.1) is 11.3 Å². The standard InChI is InChI=1S/C25H27N3O3S/c1-31-25(30)24-21(12-17-32-24)26-22(29)18-27-13-15-28(16-14-27)23(19-8-4-2-5-9-19)20-10-6-3-7-11-20/h2-12,17,23H,13-16,18H2,1H3,(H,26,29). The first-order valence-corrected chi connectivity index (χ1v) is 11.6. The fraction of sp³-hybridized carbons (Fsp3) is 0.280. The second-order valence-corrected chi connectivity index (χ2v) is 8.66. The van der Waals surface area contributed by atoms with Crippen molar-refractivity contribution in [3.05, 3.63) is 88.1 Å². The summed E-state index contributed by atoms with van der Waals surface area (Å²) in [6, 6.07) is 23.1. The van der Waals surface area contributed by atoms with Crippen LogP contribution in [0.5, 0.6) is 0 Å². The summed E-state index contributed by atoms with van der Waals surface area (Å²) in [5.74, 6) is -0.554. The number of amides is 1. The third-order valence-corrected chi connectivity index (χ3v) is 6.57. The Labute approximate surface area is 192 Å². The normalized spacial score (nSPS) is 14.9. The van der Waals surface area contributed by atoms with E-state index >= 15 is 0 Å². The number of piperazine rings is 1. The number of carbonyl (C=O) groups excluding carboxylic acids is 2. The number of ether oxygens (including phenoxy) is 1. The summed E-state index contributed by atoms with van der Waals surface area (Å²) < 4.78 is 4.78. The van der Waals surface area contributed by atoms with Crippen molar-refractivity contribution in [2.75, 3.05) is 45.2 Å². The molecule has 0 aliphatic carbocycles. The van der Waals surface area contributed by atoms with Gasteiger partial charge in [-0.1, -0.05) is 60.7 Å². The van der Waals surface area contributed by atoms with Gasteiger partial charge in [0.2, 0.25) is 5.91 Å². The summed E-state index contributed by atoms with van der Waals surface area (Å²) in [6.45, 7) is 3.64. The number of hydrogen-bond acceptors (Lipinski definition) is 6. The zero-order valence-electron chi connectivity index (χ0n) is 18.1. The zero-order chi connectivity index (χ0) is 22.3. The lowest BCUT2D eigenvalue weighted by Crippen LogP contribution is -2.49. The molecule has 1 saturated heterocycles. The van der Waals surface area contributed by atoms with Crippen LogP contribution in [0.4, 0.5) is 5.69 Å². The molecule has 1 N–H and O–H groups in total. The lowest BCUT2D eigenvalue weighted by molar-refractivity contribution is -0.117. The lowest BCUT2D eigenvalue weighted by atomic mass is 9.96. The molecule has 2 heterocycles. The zero-order valence-corrected chi connectivity index (χ0v) is 18.9. The van der Waals surface area contributed by atoms with Crippen LogP contribution < -0.4 is 5.32 Å². The average molecular weight is 450 g/mol. The van der Waals surface area contributed by atoms with Crippen molar-refractivity contribution in [3.8, 4) is 0 Å². The van der Waals surface area contributed by atoms with Gasteiger partial charge in [0.05, 0.1) is 25.4 Å². The summed E-state index contributed by atoms with van der Waals surface area (Å²) in [6.07, 6.45) is 0. The van der Waals surface area contributed by atoms with E-state index in [1.807, 2.05) is 12.1 Å². The Morgan fingerprint density at radius 2 is 1.53 bits per heavy atom. The molecule has 0 radical (unpaired) electrons. The molecule has 166 valence electrons. The highest BCUT2D eigenvalue weighted by molar-refractivity contribution is 7.12. The Morgan fingerprint density at radius 3 is 2.09 bits per heavy atom. The number of benzene rings is 2. The molecule has 1 aromatic heterocycles. The van der Waals surface area contributed by atoms with E-state index in [1.54, 1.807) is 11.4 Å². The minimum absolute atomic E-state index is 0.121. The molecule has 0 spiro atoms. The van der Waals surface area contributed by atoms with Crippen molar-refractivity contribution in [2.45, 2.75) is 6.04 Å². The number of rotatable bonds is 7. The fourth-order valence-electron chi connectivity index (χ4n) is 4.12. The van der Waals surface area contributed by atoms with E-state index in [9.17, 15) is 9.59 Å². The number of hydrogen-bond donors (Lipinski definition) is 1. The maximum atomic E-state index is 12.6. The van der Waals surface area contributed by atoms with E-state index in [4.69, 9.17) is 4.74 Å². The Kier molecular flexibility index (Phi) is 7.32. The van der Waals surface area contributed by atoms with Crippen molar-refractivity contribution >= 4 is 28.9 Å². The van der Waals surface area contributed by atoms with Crippen LogP contribution in [0.3, 0.4) is 0 Å². The van der Waals surface area contributed by atoms with E-state index < -0.39 is 5.97 Å². The molecule has 6 nitrogen and oxygen atoms in total. The Hall–Kier alpha value is -3.00. The Bertz CT molecular complexity index is 991. The largest absolute Gasteiger partial charge is 0.465 e. The van der Waals surface area contributed by atoms with Crippen LogP contribution >= 0.6 is 11.3 Å². The lowest BCUT2D eigenvalue weighted by Gasteiger charge is -2.39. The summed E-state index contributed by atoms with van der Waals surface area (Å²) in [4.78, 5) is 29.5. The van der Waals surface area contributed by atoms with Crippen LogP contribution in [0.15, 0.2) is 72.1 Å². The maximum Gasteiger partial charge on any atom is 0.350 e. The minimum Gasteiger partial charge on any atom is -0.465 e. The van der Waals surface area contributed by atoms with Crippen LogP contribution in [0.2, 0.25) is 0 Å². The third kappa shape index (κ3) is 5.24. The molecule has 1 fully saturated rings. The maximum absolute atomic E-state index is 12.6. The van der Waals surface area contributed by atoms with Crippen LogP contribution in [0, 0.1) is 0 Å². The van der Waals surface area contributed by atoms with E-state index in [0.717, 1.165) is 26.2 Å². The number of esters is 1. The van der Waals surface area contributed by atoms with Crippen LogP contribution in [0.1, 0.15) is 26.8 Å². The Balaban J connectivity index is 1.37. The van der Waals surface area contributed by atoms with Gasteiger partial charge in [0.25, 0.3) is 0 Å². The molecular formula is C25H27N3O3S. The van der Waals surface area contributed by atoms with Gasteiger partial charge < -0.3 is 10.1 Å². The summed E-state index contributed by atoms with van der Waals surface area (Å²) in [7, 11) is 1.34. The quantitative estimate of drug-likeness (QED) is 0.555. The Morgan fingerprint density at radius 1 is 0.938 bits per heavy atom. The smallest absolute Gasteiger partial charge is 0.350 e. The SMILES string of the molecule is COC(=O)c1sccc1NC(=O)CN1CCN(C(c2ccccc2)c2ccccc2)CC1. The van der Waals surface area contributed by atoms with Crippen molar-refractivity contribution in [3.63, 3.8) is 0 Å². The van der Waals surface area contributed by atoms with Crippen molar-refractivity contribution in [1.82, 2.24) is 9.80 Å². The van der Waals surface area contributed by atoms with Gasteiger partial charge in [-0.05, 0) is 22.6 Å². The number of nitrogens with zero attached hydrogens (tertiary/aromatic N) is 2. The highest BCUT2D eigenvalue weighted by Gasteiger charge is 2.27. The summed E-state index contributed by atoms with van der Waals surface area (Å²) in [5, 5.41) is 4.63. The second-order valence-electron chi connectivity index (χ2n) is 7.74. The van der Waals surface area contributed by atoms with E-state index in [0.29, 0.717) is 17.1 Å². The van der Waals surface area contributed by atoms with Gasteiger partial charge in [0.1, 0.15) is 4.88 Å². The second kappa shape index (κ2) is 10.5. The number of methoxy groups -OCH3 is 1.